The summed E-state index contributed by atoms with van der Waals surface area (Å²) in [6, 6.07) is -1.03. The molecule has 0 heterocycles. The first-order valence-corrected chi connectivity index (χ1v) is 7.99. The van der Waals surface area contributed by atoms with E-state index in [1.807, 2.05) is 0 Å². The molecule has 1 unspecified atom stereocenters. The fourth-order valence-corrected chi connectivity index (χ4v) is 1.69. The monoisotopic (exact) mass is 346 g/mol. The molecule has 8 heteroatoms. The Balaban J connectivity index is 4.09. The van der Waals surface area contributed by atoms with Crippen LogP contribution in [-0.2, 0) is 14.3 Å². The Hall–Kier alpha value is -1.99. The van der Waals surface area contributed by atoms with Crippen molar-refractivity contribution < 1.29 is 29.0 Å². The maximum Gasteiger partial charge on any atom is 0.408 e. The number of carboxylic acids is 1. The number of carboxylic acid groups (broad SMARTS) is 1. The van der Waals surface area contributed by atoms with Crippen LogP contribution in [0.25, 0.3) is 0 Å². The van der Waals surface area contributed by atoms with E-state index in [9.17, 15) is 14.4 Å². The van der Waals surface area contributed by atoms with E-state index in [2.05, 4.69) is 10.6 Å². The Bertz CT molecular complexity index is 437. The molecule has 0 aromatic rings. The SMILES string of the molecule is CC(C)(C)OC(=O)NCCCCC(NC(=O)OC(C)(C)C)C(=O)O. The third-order valence-corrected chi connectivity index (χ3v) is 2.58. The van der Waals surface area contributed by atoms with E-state index in [0.29, 0.717) is 19.4 Å². The van der Waals surface area contributed by atoms with Crippen molar-refractivity contribution in [1.29, 1.82) is 0 Å². The molecule has 0 aliphatic heterocycles. The topological polar surface area (TPSA) is 114 Å². The van der Waals surface area contributed by atoms with Gasteiger partial charge < -0.3 is 25.2 Å². The first-order chi connectivity index (χ1) is 10.8. The van der Waals surface area contributed by atoms with Crippen molar-refractivity contribution in [2.45, 2.75) is 78.0 Å². The standard InChI is InChI=1S/C16H30N2O6/c1-15(2,3)23-13(21)17-10-8-7-9-11(12(19)20)18-14(22)24-16(4,5)6/h11H,7-10H2,1-6H3,(H,17,21)(H,18,22)(H,19,20). The quantitative estimate of drug-likeness (QED) is 0.611. The van der Waals surface area contributed by atoms with Crippen molar-refractivity contribution in [3.05, 3.63) is 0 Å². The Morgan fingerprint density at radius 3 is 1.88 bits per heavy atom. The number of unbranched alkanes of at least 4 members (excludes halogenated alkanes) is 1. The molecule has 0 aromatic heterocycles. The Morgan fingerprint density at radius 1 is 0.917 bits per heavy atom. The molecule has 0 fully saturated rings. The van der Waals surface area contributed by atoms with Gasteiger partial charge in [-0.3, -0.25) is 0 Å². The van der Waals surface area contributed by atoms with E-state index in [1.165, 1.54) is 0 Å². The molecule has 24 heavy (non-hydrogen) atoms. The van der Waals surface area contributed by atoms with Gasteiger partial charge >= 0.3 is 18.2 Å². The lowest BCUT2D eigenvalue weighted by Crippen LogP contribution is -2.43. The van der Waals surface area contributed by atoms with Crippen molar-refractivity contribution >= 4 is 18.2 Å². The molecule has 0 aromatic carbocycles. The van der Waals surface area contributed by atoms with Crippen molar-refractivity contribution in [3.63, 3.8) is 0 Å². The number of rotatable bonds is 7. The Labute approximate surface area is 143 Å². The lowest BCUT2D eigenvalue weighted by molar-refractivity contribution is -0.139. The molecule has 1 atom stereocenters. The summed E-state index contributed by atoms with van der Waals surface area (Å²) in [5.74, 6) is -1.12. The molecule has 0 aliphatic carbocycles. The van der Waals surface area contributed by atoms with E-state index < -0.39 is 35.4 Å². The molecule has 0 bridgehead atoms. The van der Waals surface area contributed by atoms with Gasteiger partial charge in [0, 0.05) is 6.54 Å². The minimum atomic E-state index is -1.12. The van der Waals surface area contributed by atoms with E-state index in [-0.39, 0.29) is 6.42 Å². The summed E-state index contributed by atoms with van der Waals surface area (Å²) < 4.78 is 10.1. The van der Waals surface area contributed by atoms with Crippen LogP contribution in [0.1, 0.15) is 60.8 Å². The number of amides is 2. The Morgan fingerprint density at radius 2 is 1.42 bits per heavy atom. The highest BCUT2D eigenvalue weighted by molar-refractivity contribution is 5.79. The minimum Gasteiger partial charge on any atom is -0.480 e. The van der Waals surface area contributed by atoms with Crippen LogP contribution >= 0.6 is 0 Å². The van der Waals surface area contributed by atoms with Crippen LogP contribution < -0.4 is 10.6 Å². The number of hydrogen-bond acceptors (Lipinski definition) is 5. The van der Waals surface area contributed by atoms with Crippen molar-refractivity contribution in [1.82, 2.24) is 10.6 Å². The van der Waals surface area contributed by atoms with E-state index in [4.69, 9.17) is 14.6 Å². The summed E-state index contributed by atoms with van der Waals surface area (Å²) in [5, 5.41) is 14.1. The van der Waals surface area contributed by atoms with Crippen molar-refractivity contribution in [2.75, 3.05) is 6.54 Å². The van der Waals surface area contributed by atoms with Gasteiger partial charge in [-0.1, -0.05) is 0 Å². The van der Waals surface area contributed by atoms with Gasteiger partial charge in [-0.15, -0.1) is 0 Å². The third kappa shape index (κ3) is 12.5. The van der Waals surface area contributed by atoms with Crippen LogP contribution in [0.5, 0.6) is 0 Å². The summed E-state index contributed by atoms with van der Waals surface area (Å²) in [6.45, 7) is 10.8. The summed E-state index contributed by atoms with van der Waals surface area (Å²) in [5.41, 5.74) is -1.25. The number of carbonyl (C=O) groups is 3. The van der Waals surface area contributed by atoms with Gasteiger partial charge in [0.25, 0.3) is 0 Å². The zero-order valence-electron chi connectivity index (χ0n) is 15.4. The summed E-state index contributed by atoms with van der Waals surface area (Å²) in [6.07, 6.45) is 0.0533. The highest BCUT2D eigenvalue weighted by Gasteiger charge is 2.23. The molecule has 140 valence electrons. The fraction of sp³-hybridized carbons (Fsp3) is 0.812. The normalized spacial score (nSPS) is 12.9. The smallest absolute Gasteiger partial charge is 0.408 e. The molecule has 2 amide bonds. The second-order valence-electron chi connectivity index (χ2n) is 7.46. The molecular weight excluding hydrogens is 316 g/mol. The van der Waals surface area contributed by atoms with Crippen LogP contribution in [0.4, 0.5) is 9.59 Å². The highest BCUT2D eigenvalue weighted by Crippen LogP contribution is 2.09. The minimum absolute atomic E-state index is 0.241. The van der Waals surface area contributed by atoms with Crippen LogP contribution in [0, 0.1) is 0 Å². The van der Waals surface area contributed by atoms with Gasteiger partial charge in [-0.05, 0) is 60.8 Å². The predicted molar refractivity (Wildman–Crippen MR) is 88.9 cm³/mol. The van der Waals surface area contributed by atoms with E-state index >= 15 is 0 Å². The van der Waals surface area contributed by atoms with Gasteiger partial charge in [0.15, 0.2) is 0 Å². The number of aliphatic carboxylic acids is 1. The largest absolute Gasteiger partial charge is 0.480 e. The number of carbonyl (C=O) groups excluding carboxylic acids is 2. The summed E-state index contributed by atoms with van der Waals surface area (Å²) in [4.78, 5) is 34.2. The highest BCUT2D eigenvalue weighted by atomic mass is 16.6. The van der Waals surface area contributed by atoms with Crippen LogP contribution in [0.15, 0.2) is 0 Å². The average molecular weight is 346 g/mol. The molecule has 3 N–H and O–H groups in total. The maximum atomic E-state index is 11.6. The zero-order chi connectivity index (χ0) is 19.0. The molecule has 8 nitrogen and oxygen atoms in total. The molecule has 0 aliphatic rings. The van der Waals surface area contributed by atoms with Gasteiger partial charge in [-0.25, -0.2) is 14.4 Å². The predicted octanol–water partition coefficient (Wildman–Crippen LogP) is 2.66. The van der Waals surface area contributed by atoms with Crippen molar-refractivity contribution in [3.8, 4) is 0 Å². The van der Waals surface area contributed by atoms with E-state index in [1.54, 1.807) is 41.5 Å². The maximum absolute atomic E-state index is 11.6. The second kappa shape index (κ2) is 9.34. The van der Waals surface area contributed by atoms with Crippen LogP contribution in [0.3, 0.4) is 0 Å². The number of alkyl carbamates (subject to hydrolysis) is 2. The number of hydrogen-bond donors (Lipinski definition) is 3. The molecule has 0 spiro atoms. The molecule has 0 rings (SSSR count). The first kappa shape index (κ1) is 22.0. The molecule has 0 saturated carbocycles. The summed E-state index contributed by atoms with van der Waals surface area (Å²) in [7, 11) is 0. The number of nitrogens with one attached hydrogen (secondary N) is 2. The van der Waals surface area contributed by atoms with Gasteiger partial charge in [-0.2, -0.15) is 0 Å². The van der Waals surface area contributed by atoms with Crippen LogP contribution in [0.2, 0.25) is 0 Å². The van der Waals surface area contributed by atoms with Crippen molar-refractivity contribution in [2.24, 2.45) is 0 Å². The van der Waals surface area contributed by atoms with Gasteiger partial charge in [0.05, 0.1) is 0 Å². The fourth-order valence-electron chi connectivity index (χ4n) is 1.69. The van der Waals surface area contributed by atoms with Gasteiger partial charge in [0.2, 0.25) is 0 Å². The van der Waals surface area contributed by atoms with E-state index in [0.717, 1.165) is 0 Å². The lowest BCUT2D eigenvalue weighted by Gasteiger charge is -2.22. The van der Waals surface area contributed by atoms with Gasteiger partial charge in [0.1, 0.15) is 17.2 Å². The molecule has 0 radical (unpaired) electrons. The lowest BCUT2D eigenvalue weighted by atomic mass is 10.1. The molecular formula is C16H30N2O6. The first-order valence-electron chi connectivity index (χ1n) is 7.99. The second-order valence-corrected chi connectivity index (χ2v) is 7.46. The third-order valence-electron chi connectivity index (χ3n) is 2.58. The summed E-state index contributed by atoms with van der Waals surface area (Å²) >= 11 is 0. The molecule has 0 saturated heterocycles. The van der Waals surface area contributed by atoms with Crippen LogP contribution in [-0.4, -0.2) is 47.1 Å². The Kier molecular flexibility index (Phi) is 8.57. The average Bonchev–Trinajstić information content (AvgIpc) is 2.32. The zero-order valence-corrected chi connectivity index (χ0v) is 15.4. The number of ether oxygens (including phenoxy) is 2.